The lowest BCUT2D eigenvalue weighted by Gasteiger charge is -2.11. The van der Waals surface area contributed by atoms with Crippen LogP contribution in [0.5, 0.6) is 0 Å². The molecule has 0 aliphatic heterocycles. The lowest BCUT2D eigenvalue weighted by molar-refractivity contribution is 0.203. The van der Waals surface area contributed by atoms with Gasteiger partial charge in [0.05, 0.1) is 6.61 Å². The van der Waals surface area contributed by atoms with Crippen molar-refractivity contribution in [3.8, 4) is 0 Å². The van der Waals surface area contributed by atoms with Crippen LogP contribution >= 0.6 is 24.0 Å². The largest absolute Gasteiger partial charge is 0.383 e. The second-order valence-electron chi connectivity index (χ2n) is 3.48. The van der Waals surface area contributed by atoms with E-state index in [-0.39, 0.29) is 29.8 Å². The molecular formula is C12H19FIN3O. The van der Waals surface area contributed by atoms with Crippen molar-refractivity contribution in [1.29, 1.82) is 0 Å². The monoisotopic (exact) mass is 367 g/mol. The highest BCUT2D eigenvalue weighted by molar-refractivity contribution is 14.0. The average Bonchev–Trinajstić information content (AvgIpc) is 2.34. The van der Waals surface area contributed by atoms with Gasteiger partial charge in [-0.2, -0.15) is 0 Å². The van der Waals surface area contributed by atoms with Crippen molar-refractivity contribution < 1.29 is 9.13 Å². The molecule has 102 valence electrons. The van der Waals surface area contributed by atoms with E-state index in [1.54, 1.807) is 20.2 Å². The summed E-state index contributed by atoms with van der Waals surface area (Å²) >= 11 is 0. The molecule has 1 aromatic rings. The summed E-state index contributed by atoms with van der Waals surface area (Å²) in [5, 5.41) is 6.16. The van der Waals surface area contributed by atoms with Crippen molar-refractivity contribution in [3.63, 3.8) is 0 Å². The van der Waals surface area contributed by atoms with Gasteiger partial charge < -0.3 is 15.4 Å². The lowest BCUT2D eigenvalue weighted by Crippen LogP contribution is -2.38. The Balaban J connectivity index is 0.00000289. The number of aliphatic imine (C=N–C) groups is 1. The molecule has 0 bridgehead atoms. The number of rotatable bonds is 5. The molecule has 0 saturated heterocycles. The normalized spacial score (nSPS) is 10.7. The molecule has 0 saturated carbocycles. The van der Waals surface area contributed by atoms with E-state index >= 15 is 0 Å². The summed E-state index contributed by atoms with van der Waals surface area (Å²) in [6.07, 6.45) is 0. The van der Waals surface area contributed by atoms with Crippen molar-refractivity contribution in [1.82, 2.24) is 10.6 Å². The molecule has 0 unspecified atom stereocenters. The Morgan fingerprint density at radius 2 is 2.17 bits per heavy atom. The van der Waals surface area contributed by atoms with Crippen LogP contribution in [0.25, 0.3) is 0 Å². The molecule has 0 fully saturated rings. The van der Waals surface area contributed by atoms with Crippen molar-refractivity contribution in [2.75, 3.05) is 27.3 Å². The van der Waals surface area contributed by atoms with Crippen molar-refractivity contribution in [2.45, 2.75) is 6.54 Å². The molecule has 4 nitrogen and oxygen atoms in total. The molecule has 0 radical (unpaired) electrons. The smallest absolute Gasteiger partial charge is 0.191 e. The highest BCUT2D eigenvalue weighted by Gasteiger charge is 1.98. The summed E-state index contributed by atoms with van der Waals surface area (Å²) in [6, 6.07) is 6.47. The first-order valence-electron chi connectivity index (χ1n) is 5.44. The molecule has 2 N–H and O–H groups in total. The van der Waals surface area contributed by atoms with Crippen LogP contribution < -0.4 is 10.6 Å². The molecule has 1 aromatic carbocycles. The van der Waals surface area contributed by atoms with E-state index in [9.17, 15) is 4.39 Å². The Hall–Kier alpha value is -0.890. The molecule has 0 amide bonds. The lowest BCUT2D eigenvalue weighted by atomic mass is 10.2. The number of nitrogens with zero attached hydrogens (tertiary/aromatic N) is 1. The van der Waals surface area contributed by atoms with E-state index in [0.717, 1.165) is 5.56 Å². The molecular weight excluding hydrogens is 348 g/mol. The van der Waals surface area contributed by atoms with Crippen LogP contribution in [0.3, 0.4) is 0 Å². The molecule has 6 heteroatoms. The first kappa shape index (κ1) is 17.1. The minimum Gasteiger partial charge on any atom is -0.383 e. The van der Waals surface area contributed by atoms with E-state index < -0.39 is 0 Å². The number of hydrogen-bond donors (Lipinski definition) is 2. The minimum atomic E-state index is -0.230. The Kier molecular flexibility index (Phi) is 9.57. The Labute approximate surface area is 124 Å². The van der Waals surface area contributed by atoms with Crippen molar-refractivity contribution in [3.05, 3.63) is 35.6 Å². The van der Waals surface area contributed by atoms with Crippen molar-refractivity contribution in [2.24, 2.45) is 4.99 Å². The number of halogens is 2. The zero-order valence-corrected chi connectivity index (χ0v) is 12.9. The summed E-state index contributed by atoms with van der Waals surface area (Å²) in [5.74, 6) is 0.443. The third kappa shape index (κ3) is 6.75. The van der Waals surface area contributed by atoms with E-state index in [1.165, 1.54) is 12.1 Å². The minimum absolute atomic E-state index is 0. The molecule has 0 spiro atoms. The van der Waals surface area contributed by atoms with Gasteiger partial charge in [0.15, 0.2) is 5.96 Å². The number of benzene rings is 1. The highest BCUT2D eigenvalue weighted by Crippen LogP contribution is 2.02. The maximum atomic E-state index is 12.9. The molecule has 0 aromatic heterocycles. The summed E-state index contributed by atoms with van der Waals surface area (Å²) in [4.78, 5) is 4.04. The number of ether oxygens (including phenoxy) is 1. The molecule has 0 heterocycles. The van der Waals surface area contributed by atoms with Gasteiger partial charge in [0.2, 0.25) is 0 Å². The van der Waals surface area contributed by atoms with Gasteiger partial charge in [0, 0.05) is 27.2 Å². The van der Waals surface area contributed by atoms with Crippen LogP contribution in [0.2, 0.25) is 0 Å². The summed E-state index contributed by atoms with van der Waals surface area (Å²) < 4.78 is 17.9. The molecule has 18 heavy (non-hydrogen) atoms. The Morgan fingerprint density at radius 1 is 1.39 bits per heavy atom. The standard InChI is InChI=1S/C12H18FN3O.HI/c1-14-12(15-6-7-17-2)16-9-10-4-3-5-11(13)8-10;/h3-5,8H,6-7,9H2,1-2H3,(H2,14,15,16);1H. The predicted octanol–water partition coefficient (Wildman–Crippen LogP) is 1.76. The van der Waals surface area contributed by atoms with Gasteiger partial charge in [-0.05, 0) is 17.7 Å². The summed E-state index contributed by atoms with van der Waals surface area (Å²) in [6.45, 7) is 1.82. The number of methoxy groups -OCH3 is 1. The quantitative estimate of drug-likeness (QED) is 0.361. The van der Waals surface area contributed by atoms with Crippen LogP contribution in [0.4, 0.5) is 4.39 Å². The third-order valence-corrected chi connectivity index (χ3v) is 2.17. The second kappa shape index (κ2) is 10.1. The van der Waals surface area contributed by atoms with E-state index in [1.807, 2.05) is 6.07 Å². The van der Waals surface area contributed by atoms with Gasteiger partial charge in [0.1, 0.15) is 5.82 Å². The number of nitrogens with one attached hydrogen (secondary N) is 2. The summed E-state index contributed by atoms with van der Waals surface area (Å²) in [5.41, 5.74) is 0.875. The maximum Gasteiger partial charge on any atom is 0.191 e. The van der Waals surface area contributed by atoms with Crippen LogP contribution in [0.15, 0.2) is 29.3 Å². The number of guanidine groups is 1. The SMILES string of the molecule is CN=C(NCCOC)NCc1cccc(F)c1.I. The zero-order valence-electron chi connectivity index (χ0n) is 10.6. The van der Waals surface area contributed by atoms with Crippen molar-refractivity contribution >= 4 is 29.9 Å². The third-order valence-electron chi connectivity index (χ3n) is 2.17. The van der Waals surface area contributed by atoms with Gasteiger partial charge in [-0.3, -0.25) is 4.99 Å². The van der Waals surface area contributed by atoms with Gasteiger partial charge in [0.25, 0.3) is 0 Å². The van der Waals surface area contributed by atoms with Crippen LogP contribution in [-0.2, 0) is 11.3 Å². The van der Waals surface area contributed by atoms with Gasteiger partial charge in [-0.1, -0.05) is 12.1 Å². The molecule has 0 atom stereocenters. The van der Waals surface area contributed by atoms with E-state index in [0.29, 0.717) is 25.7 Å². The van der Waals surface area contributed by atoms with Crippen LogP contribution in [-0.4, -0.2) is 33.3 Å². The molecule has 1 rings (SSSR count). The van der Waals surface area contributed by atoms with Gasteiger partial charge >= 0.3 is 0 Å². The average molecular weight is 367 g/mol. The Morgan fingerprint density at radius 3 is 2.78 bits per heavy atom. The first-order chi connectivity index (χ1) is 8.26. The zero-order chi connectivity index (χ0) is 12.5. The van der Waals surface area contributed by atoms with E-state index in [4.69, 9.17) is 4.74 Å². The fraction of sp³-hybridized carbons (Fsp3) is 0.417. The van der Waals surface area contributed by atoms with E-state index in [2.05, 4.69) is 15.6 Å². The highest BCUT2D eigenvalue weighted by atomic mass is 127. The maximum absolute atomic E-state index is 12.9. The van der Waals surface area contributed by atoms with Gasteiger partial charge in [-0.15, -0.1) is 24.0 Å². The van der Waals surface area contributed by atoms with Crippen LogP contribution in [0, 0.1) is 5.82 Å². The predicted molar refractivity (Wildman–Crippen MR) is 81.9 cm³/mol. The van der Waals surface area contributed by atoms with Crippen LogP contribution in [0.1, 0.15) is 5.56 Å². The number of hydrogen-bond acceptors (Lipinski definition) is 2. The van der Waals surface area contributed by atoms with Gasteiger partial charge in [-0.25, -0.2) is 4.39 Å². The Bertz CT molecular complexity index is 374. The first-order valence-corrected chi connectivity index (χ1v) is 5.44. The topological polar surface area (TPSA) is 45.7 Å². The fourth-order valence-corrected chi connectivity index (χ4v) is 1.32. The summed E-state index contributed by atoms with van der Waals surface area (Å²) in [7, 11) is 3.33. The molecule has 0 aliphatic carbocycles. The molecule has 0 aliphatic rings. The fourth-order valence-electron chi connectivity index (χ4n) is 1.32. The second-order valence-corrected chi connectivity index (χ2v) is 3.48.